The molecule has 0 fully saturated rings. The maximum atomic E-state index is 12.4. The lowest BCUT2D eigenvalue weighted by molar-refractivity contribution is 0.0796. The Morgan fingerprint density at radius 2 is 2.05 bits per heavy atom. The van der Waals surface area contributed by atoms with Gasteiger partial charge in [-0.2, -0.15) is 0 Å². The number of hydrogen-bond acceptors (Lipinski definition) is 3. The number of hydrogen-bond donors (Lipinski definition) is 1. The highest BCUT2D eigenvalue weighted by Crippen LogP contribution is 2.18. The van der Waals surface area contributed by atoms with Crippen LogP contribution in [0.5, 0.6) is 0 Å². The van der Waals surface area contributed by atoms with E-state index in [2.05, 4.69) is 4.98 Å². The molecule has 0 aliphatic carbocycles. The standard InChI is InChI=1S/C16H19N3O/c1-12-6-5-8-14(17)15(12)16(20)19(2)11-9-13-7-3-4-10-18-13/h3-8,10H,9,11,17H2,1-2H3. The van der Waals surface area contributed by atoms with Crippen LogP contribution in [-0.4, -0.2) is 29.4 Å². The number of anilines is 1. The van der Waals surface area contributed by atoms with E-state index in [-0.39, 0.29) is 5.91 Å². The monoisotopic (exact) mass is 269 g/mol. The van der Waals surface area contributed by atoms with Gasteiger partial charge in [0.15, 0.2) is 0 Å². The summed E-state index contributed by atoms with van der Waals surface area (Å²) in [7, 11) is 1.79. The van der Waals surface area contributed by atoms with E-state index in [0.29, 0.717) is 17.8 Å². The average molecular weight is 269 g/mol. The van der Waals surface area contributed by atoms with Crippen molar-refractivity contribution in [3.05, 3.63) is 59.4 Å². The number of aryl methyl sites for hydroxylation is 1. The van der Waals surface area contributed by atoms with Crippen LogP contribution in [0.3, 0.4) is 0 Å². The molecule has 2 rings (SSSR count). The number of rotatable bonds is 4. The van der Waals surface area contributed by atoms with Gasteiger partial charge in [-0.1, -0.05) is 18.2 Å². The lowest BCUT2D eigenvalue weighted by Gasteiger charge is -2.19. The number of pyridine rings is 1. The summed E-state index contributed by atoms with van der Waals surface area (Å²) in [6.45, 7) is 2.51. The summed E-state index contributed by atoms with van der Waals surface area (Å²) >= 11 is 0. The first kappa shape index (κ1) is 14.1. The zero-order valence-corrected chi connectivity index (χ0v) is 11.8. The third-order valence-corrected chi connectivity index (χ3v) is 3.30. The van der Waals surface area contributed by atoms with Crippen molar-refractivity contribution in [3.63, 3.8) is 0 Å². The SMILES string of the molecule is Cc1cccc(N)c1C(=O)N(C)CCc1ccccn1. The third-order valence-electron chi connectivity index (χ3n) is 3.30. The Bertz CT molecular complexity index is 576. The number of nitrogens with zero attached hydrogens (tertiary/aromatic N) is 2. The molecule has 0 aliphatic rings. The van der Waals surface area contributed by atoms with Crippen LogP contribution in [0.2, 0.25) is 0 Å². The summed E-state index contributed by atoms with van der Waals surface area (Å²) in [4.78, 5) is 18.4. The van der Waals surface area contributed by atoms with Gasteiger partial charge in [0.1, 0.15) is 0 Å². The first-order chi connectivity index (χ1) is 9.59. The van der Waals surface area contributed by atoms with E-state index in [4.69, 9.17) is 5.73 Å². The van der Waals surface area contributed by atoms with E-state index >= 15 is 0 Å². The highest BCUT2D eigenvalue weighted by atomic mass is 16.2. The Kier molecular flexibility index (Phi) is 4.35. The third kappa shape index (κ3) is 3.15. The molecular formula is C16H19N3O. The fraction of sp³-hybridized carbons (Fsp3) is 0.250. The second-order valence-electron chi connectivity index (χ2n) is 4.84. The summed E-state index contributed by atoms with van der Waals surface area (Å²) in [6.07, 6.45) is 2.49. The molecule has 0 saturated carbocycles. The zero-order valence-electron chi connectivity index (χ0n) is 11.8. The number of carbonyl (C=O) groups excluding carboxylic acids is 1. The molecular weight excluding hydrogens is 250 g/mol. The van der Waals surface area contributed by atoms with Crippen LogP contribution in [0.1, 0.15) is 21.6 Å². The van der Waals surface area contributed by atoms with Crippen molar-refractivity contribution >= 4 is 11.6 Å². The van der Waals surface area contributed by atoms with Gasteiger partial charge in [-0.15, -0.1) is 0 Å². The van der Waals surface area contributed by atoms with E-state index < -0.39 is 0 Å². The Balaban J connectivity index is 2.06. The molecule has 20 heavy (non-hydrogen) atoms. The molecule has 4 heteroatoms. The van der Waals surface area contributed by atoms with Gasteiger partial charge in [0, 0.05) is 37.6 Å². The minimum atomic E-state index is -0.0449. The molecule has 0 unspecified atom stereocenters. The van der Waals surface area contributed by atoms with Crippen LogP contribution < -0.4 is 5.73 Å². The molecule has 0 radical (unpaired) electrons. The van der Waals surface area contributed by atoms with Crippen LogP contribution in [0.15, 0.2) is 42.6 Å². The van der Waals surface area contributed by atoms with Crippen molar-refractivity contribution < 1.29 is 4.79 Å². The molecule has 2 aromatic rings. The zero-order chi connectivity index (χ0) is 14.5. The normalized spacial score (nSPS) is 10.3. The van der Waals surface area contributed by atoms with Crippen molar-refractivity contribution in [1.29, 1.82) is 0 Å². The number of aromatic nitrogens is 1. The number of nitrogens with two attached hydrogens (primary N) is 1. The van der Waals surface area contributed by atoms with Crippen LogP contribution >= 0.6 is 0 Å². The average Bonchev–Trinajstić information content (AvgIpc) is 2.45. The second-order valence-corrected chi connectivity index (χ2v) is 4.84. The first-order valence-electron chi connectivity index (χ1n) is 6.60. The molecule has 0 spiro atoms. The lowest BCUT2D eigenvalue weighted by atomic mass is 10.1. The molecule has 2 N–H and O–H groups in total. The van der Waals surface area contributed by atoms with Gasteiger partial charge in [0.05, 0.1) is 5.56 Å². The lowest BCUT2D eigenvalue weighted by Crippen LogP contribution is -2.30. The van der Waals surface area contributed by atoms with Crippen LogP contribution in [0.25, 0.3) is 0 Å². The van der Waals surface area contributed by atoms with Gasteiger partial charge in [0.25, 0.3) is 5.91 Å². The summed E-state index contributed by atoms with van der Waals surface area (Å²) in [5, 5.41) is 0. The summed E-state index contributed by atoms with van der Waals surface area (Å²) in [5.74, 6) is -0.0449. The Morgan fingerprint density at radius 3 is 2.70 bits per heavy atom. The molecule has 104 valence electrons. The van der Waals surface area contributed by atoms with Crippen molar-refractivity contribution in [3.8, 4) is 0 Å². The first-order valence-corrected chi connectivity index (χ1v) is 6.60. The fourth-order valence-corrected chi connectivity index (χ4v) is 2.10. The van der Waals surface area contributed by atoms with Gasteiger partial charge in [-0.25, -0.2) is 0 Å². The van der Waals surface area contributed by atoms with E-state index in [1.807, 2.05) is 37.3 Å². The molecule has 4 nitrogen and oxygen atoms in total. The maximum absolute atomic E-state index is 12.4. The van der Waals surface area contributed by atoms with E-state index in [9.17, 15) is 4.79 Å². The molecule has 1 aromatic heterocycles. The molecule has 1 amide bonds. The summed E-state index contributed by atoms with van der Waals surface area (Å²) < 4.78 is 0. The smallest absolute Gasteiger partial charge is 0.255 e. The number of amides is 1. The maximum Gasteiger partial charge on any atom is 0.255 e. The predicted octanol–water partition coefficient (Wildman–Crippen LogP) is 2.29. The van der Waals surface area contributed by atoms with Crippen LogP contribution in [-0.2, 0) is 6.42 Å². The number of likely N-dealkylation sites (N-methyl/N-ethyl adjacent to an activating group) is 1. The van der Waals surface area contributed by atoms with Gasteiger partial charge >= 0.3 is 0 Å². The number of nitrogen functional groups attached to an aromatic ring is 1. The van der Waals surface area contributed by atoms with E-state index in [1.165, 1.54) is 0 Å². The van der Waals surface area contributed by atoms with Crippen molar-refractivity contribution in [2.75, 3.05) is 19.3 Å². The van der Waals surface area contributed by atoms with Crippen molar-refractivity contribution in [2.45, 2.75) is 13.3 Å². The Morgan fingerprint density at radius 1 is 1.25 bits per heavy atom. The van der Waals surface area contributed by atoms with Crippen LogP contribution in [0.4, 0.5) is 5.69 Å². The molecule has 0 atom stereocenters. The van der Waals surface area contributed by atoms with E-state index in [1.54, 1.807) is 24.2 Å². The molecule has 0 bridgehead atoms. The van der Waals surface area contributed by atoms with Gasteiger partial charge in [0.2, 0.25) is 0 Å². The molecule has 1 aromatic carbocycles. The predicted molar refractivity (Wildman–Crippen MR) is 80.5 cm³/mol. The Hall–Kier alpha value is -2.36. The second kappa shape index (κ2) is 6.19. The Labute approximate surface area is 119 Å². The van der Waals surface area contributed by atoms with Crippen molar-refractivity contribution in [2.24, 2.45) is 0 Å². The summed E-state index contributed by atoms with van der Waals surface area (Å²) in [6, 6.07) is 11.3. The minimum absolute atomic E-state index is 0.0449. The largest absolute Gasteiger partial charge is 0.398 e. The molecule has 0 aliphatic heterocycles. The molecule has 0 saturated heterocycles. The summed E-state index contributed by atoms with van der Waals surface area (Å²) in [5.41, 5.74) is 8.91. The fourth-order valence-electron chi connectivity index (χ4n) is 2.10. The van der Waals surface area contributed by atoms with Gasteiger partial charge in [-0.05, 0) is 30.7 Å². The van der Waals surface area contributed by atoms with E-state index in [0.717, 1.165) is 17.7 Å². The van der Waals surface area contributed by atoms with Crippen molar-refractivity contribution in [1.82, 2.24) is 9.88 Å². The number of carbonyl (C=O) groups is 1. The topological polar surface area (TPSA) is 59.2 Å². The number of benzene rings is 1. The molecule has 1 heterocycles. The quantitative estimate of drug-likeness (QED) is 0.866. The minimum Gasteiger partial charge on any atom is -0.398 e. The highest BCUT2D eigenvalue weighted by Gasteiger charge is 2.16. The van der Waals surface area contributed by atoms with Gasteiger partial charge < -0.3 is 10.6 Å². The van der Waals surface area contributed by atoms with Gasteiger partial charge in [-0.3, -0.25) is 9.78 Å². The highest BCUT2D eigenvalue weighted by molar-refractivity contribution is 6.00. The van der Waals surface area contributed by atoms with Crippen LogP contribution in [0, 0.1) is 6.92 Å².